The van der Waals surface area contributed by atoms with E-state index in [9.17, 15) is 9.59 Å². The van der Waals surface area contributed by atoms with E-state index in [0.29, 0.717) is 6.61 Å². The maximum atomic E-state index is 11.7. The Balaban J connectivity index is 2.57. The van der Waals surface area contributed by atoms with Crippen LogP contribution in [-0.2, 0) is 30.4 Å². The topological polar surface area (TPSA) is 71.1 Å². The van der Waals surface area contributed by atoms with Crippen molar-refractivity contribution in [2.75, 3.05) is 20.3 Å². The summed E-state index contributed by atoms with van der Waals surface area (Å²) in [5, 5.41) is 0. The molecule has 1 atom stereocenters. The van der Waals surface area contributed by atoms with E-state index in [4.69, 9.17) is 18.9 Å². The molecule has 6 nitrogen and oxygen atoms in total. The molecule has 23 heavy (non-hydrogen) atoms. The van der Waals surface area contributed by atoms with Gasteiger partial charge in [0.2, 0.25) is 0 Å². The number of carbonyl (C=O) groups is 2. The number of hydrogen-bond acceptors (Lipinski definition) is 6. The summed E-state index contributed by atoms with van der Waals surface area (Å²) in [5.74, 6) is -0.373. The SMILES string of the molecule is C=C(C(=O)OCC)C(COCc1ccc(OC)cc1)OC(C)=O. The highest BCUT2D eigenvalue weighted by Crippen LogP contribution is 2.13. The normalized spacial score (nSPS) is 11.4. The summed E-state index contributed by atoms with van der Waals surface area (Å²) >= 11 is 0. The van der Waals surface area contributed by atoms with Crippen molar-refractivity contribution < 1.29 is 28.5 Å². The van der Waals surface area contributed by atoms with Crippen molar-refractivity contribution in [2.45, 2.75) is 26.6 Å². The van der Waals surface area contributed by atoms with Crippen LogP contribution in [0.2, 0.25) is 0 Å². The maximum Gasteiger partial charge on any atom is 0.337 e. The Morgan fingerprint density at radius 1 is 1.22 bits per heavy atom. The van der Waals surface area contributed by atoms with Gasteiger partial charge in [0.15, 0.2) is 6.10 Å². The average Bonchev–Trinajstić information content (AvgIpc) is 2.53. The zero-order chi connectivity index (χ0) is 17.2. The standard InChI is InChI=1S/C17H22O6/c1-5-22-17(19)12(2)16(23-13(3)18)11-21-10-14-6-8-15(20-4)9-7-14/h6-9,16H,2,5,10-11H2,1,3-4H3. The number of benzene rings is 1. The van der Waals surface area contributed by atoms with Crippen LogP contribution < -0.4 is 4.74 Å². The van der Waals surface area contributed by atoms with Crippen molar-refractivity contribution in [3.05, 3.63) is 42.0 Å². The predicted octanol–water partition coefficient (Wildman–Crippen LogP) is 2.26. The van der Waals surface area contributed by atoms with Gasteiger partial charge in [-0.1, -0.05) is 18.7 Å². The van der Waals surface area contributed by atoms with Crippen LogP contribution in [0.4, 0.5) is 0 Å². The third-order valence-electron chi connectivity index (χ3n) is 2.93. The number of carbonyl (C=O) groups excluding carboxylic acids is 2. The minimum Gasteiger partial charge on any atom is -0.497 e. The number of ether oxygens (including phenoxy) is 4. The Hall–Kier alpha value is -2.34. The first-order valence-electron chi connectivity index (χ1n) is 7.21. The number of esters is 2. The minimum atomic E-state index is -0.871. The van der Waals surface area contributed by atoms with Crippen LogP contribution in [0.25, 0.3) is 0 Å². The van der Waals surface area contributed by atoms with E-state index in [1.807, 2.05) is 24.3 Å². The van der Waals surface area contributed by atoms with Gasteiger partial charge >= 0.3 is 11.9 Å². The molecule has 0 radical (unpaired) electrons. The molecule has 0 spiro atoms. The first-order chi connectivity index (χ1) is 11.0. The van der Waals surface area contributed by atoms with E-state index in [2.05, 4.69) is 6.58 Å². The van der Waals surface area contributed by atoms with Gasteiger partial charge in [0, 0.05) is 6.92 Å². The third-order valence-corrected chi connectivity index (χ3v) is 2.93. The molecule has 6 heteroatoms. The molecule has 0 saturated carbocycles. The van der Waals surface area contributed by atoms with E-state index in [0.717, 1.165) is 11.3 Å². The predicted molar refractivity (Wildman–Crippen MR) is 84.0 cm³/mol. The van der Waals surface area contributed by atoms with Crippen LogP contribution in [0.5, 0.6) is 5.75 Å². The van der Waals surface area contributed by atoms with Gasteiger partial charge in [0.25, 0.3) is 0 Å². The molecule has 126 valence electrons. The summed E-state index contributed by atoms with van der Waals surface area (Å²) in [5.41, 5.74) is 0.978. The molecule has 1 aromatic carbocycles. The fourth-order valence-corrected chi connectivity index (χ4v) is 1.77. The highest BCUT2D eigenvalue weighted by molar-refractivity contribution is 5.89. The number of methoxy groups -OCH3 is 1. The van der Waals surface area contributed by atoms with Gasteiger partial charge < -0.3 is 18.9 Å². The fraction of sp³-hybridized carbons (Fsp3) is 0.412. The summed E-state index contributed by atoms with van der Waals surface area (Å²) in [6, 6.07) is 7.36. The lowest BCUT2D eigenvalue weighted by Crippen LogP contribution is -2.29. The average molecular weight is 322 g/mol. The van der Waals surface area contributed by atoms with Crippen molar-refractivity contribution in [3.63, 3.8) is 0 Å². The molecule has 1 rings (SSSR count). The van der Waals surface area contributed by atoms with Crippen molar-refractivity contribution in [3.8, 4) is 5.75 Å². The quantitative estimate of drug-likeness (QED) is 0.513. The molecule has 0 aromatic heterocycles. The lowest BCUT2D eigenvalue weighted by Gasteiger charge is -2.18. The van der Waals surface area contributed by atoms with Crippen molar-refractivity contribution in [1.29, 1.82) is 0 Å². The summed E-state index contributed by atoms with van der Waals surface area (Å²) in [4.78, 5) is 22.8. The summed E-state index contributed by atoms with van der Waals surface area (Å²) in [6.07, 6.45) is -0.871. The lowest BCUT2D eigenvalue weighted by atomic mass is 10.2. The first-order valence-corrected chi connectivity index (χ1v) is 7.21. The molecule has 0 heterocycles. The van der Waals surface area contributed by atoms with Crippen LogP contribution in [0.3, 0.4) is 0 Å². The van der Waals surface area contributed by atoms with Crippen LogP contribution in [0.1, 0.15) is 19.4 Å². The van der Waals surface area contributed by atoms with Gasteiger partial charge in [-0.15, -0.1) is 0 Å². The van der Waals surface area contributed by atoms with Crippen LogP contribution in [0.15, 0.2) is 36.4 Å². The van der Waals surface area contributed by atoms with Crippen molar-refractivity contribution >= 4 is 11.9 Å². The molecule has 0 aliphatic carbocycles. The van der Waals surface area contributed by atoms with Gasteiger partial charge in [0.05, 0.1) is 32.5 Å². The van der Waals surface area contributed by atoms with Crippen molar-refractivity contribution in [1.82, 2.24) is 0 Å². The molecule has 1 aromatic rings. The summed E-state index contributed by atoms with van der Waals surface area (Å²) < 4.78 is 20.5. The van der Waals surface area contributed by atoms with Crippen LogP contribution in [0, 0.1) is 0 Å². The lowest BCUT2D eigenvalue weighted by molar-refractivity contribution is -0.150. The number of hydrogen-bond donors (Lipinski definition) is 0. The fourth-order valence-electron chi connectivity index (χ4n) is 1.77. The molecular weight excluding hydrogens is 300 g/mol. The third kappa shape index (κ3) is 6.52. The number of rotatable bonds is 9. The van der Waals surface area contributed by atoms with Gasteiger partial charge in [-0.05, 0) is 24.6 Å². The summed E-state index contributed by atoms with van der Waals surface area (Å²) in [7, 11) is 1.59. The van der Waals surface area contributed by atoms with Gasteiger partial charge in [-0.25, -0.2) is 4.79 Å². The molecule has 0 aliphatic rings. The zero-order valence-electron chi connectivity index (χ0n) is 13.7. The first kappa shape index (κ1) is 18.7. The zero-order valence-corrected chi connectivity index (χ0v) is 13.7. The van der Waals surface area contributed by atoms with E-state index in [-0.39, 0.29) is 18.8 Å². The van der Waals surface area contributed by atoms with E-state index >= 15 is 0 Å². The molecule has 0 saturated heterocycles. The highest BCUT2D eigenvalue weighted by Gasteiger charge is 2.23. The molecular formula is C17H22O6. The van der Waals surface area contributed by atoms with E-state index < -0.39 is 18.0 Å². The Labute approximate surface area is 136 Å². The highest BCUT2D eigenvalue weighted by atomic mass is 16.6. The van der Waals surface area contributed by atoms with Crippen LogP contribution in [-0.4, -0.2) is 38.4 Å². The largest absolute Gasteiger partial charge is 0.497 e. The van der Waals surface area contributed by atoms with E-state index in [1.54, 1.807) is 14.0 Å². The summed E-state index contributed by atoms with van der Waals surface area (Å²) in [6.45, 7) is 7.11. The minimum absolute atomic E-state index is 0.0171. The Bertz CT molecular complexity index is 535. The smallest absolute Gasteiger partial charge is 0.337 e. The maximum absolute atomic E-state index is 11.7. The molecule has 0 bridgehead atoms. The molecule has 0 N–H and O–H groups in total. The monoisotopic (exact) mass is 322 g/mol. The van der Waals surface area contributed by atoms with Gasteiger partial charge in [-0.3, -0.25) is 4.79 Å². The Kier molecular flexibility index (Phi) is 7.83. The van der Waals surface area contributed by atoms with Crippen LogP contribution >= 0.6 is 0 Å². The van der Waals surface area contributed by atoms with Crippen molar-refractivity contribution in [2.24, 2.45) is 0 Å². The second kappa shape index (κ2) is 9.63. The molecule has 1 unspecified atom stereocenters. The molecule has 0 amide bonds. The second-order valence-corrected chi connectivity index (χ2v) is 4.71. The molecule has 0 aliphatic heterocycles. The molecule has 0 fully saturated rings. The van der Waals surface area contributed by atoms with E-state index in [1.165, 1.54) is 6.92 Å². The Morgan fingerprint density at radius 3 is 2.39 bits per heavy atom. The van der Waals surface area contributed by atoms with Gasteiger partial charge in [-0.2, -0.15) is 0 Å². The Morgan fingerprint density at radius 2 is 1.87 bits per heavy atom. The second-order valence-electron chi connectivity index (χ2n) is 4.71. The van der Waals surface area contributed by atoms with Gasteiger partial charge in [0.1, 0.15) is 5.75 Å².